The largest absolute Gasteiger partial charge is 1.00 e. The molecule has 0 aromatic carbocycles. The molecule has 1 atom stereocenters. The predicted molar refractivity (Wildman–Crippen MR) is 169 cm³/mol. The summed E-state index contributed by atoms with van der Waals surface area (Å²) in [7, 11) is -5.25. The average molecular weight is 697 g/mol. The summed E-state index contributed by atoms with van der Waals surface area (Å²) >= 11 is 1.40. The molecule has 9 nitrogen and oxygen atoms in total. The van der Waals surface area contributed by atoms with E-state index in [4.69, 9.17) is 9.47 Å². The van der Waals surface area contributed by atoms with Crippen LogP contribution in [0.4, 0.5) is 0 Å². The van der Waals surface area contributed by atoms with Gasteiger partial charge in [-0.25, -0.2) is 0 Å². The Morgan fingerprint density at radius 2 is 1.02 bits per heavy atom. The summed E-state index contributed by atoms with van der Waals surface area (Å²) in [5.41, 5.74) is 0. The van der Waals surface area contributed by atoms with Crippen LogP contribution in [0.2, 0.25) is 0 Å². The van der Waals surface area contributed by atoms with Crippen molar-refractivity contribution in [3.63, 3.8) is 0 Å². The van der Waals surface area contributed by atoms with Crippen LogP contribution in [0.25, 0.3) is 0 Å². The second-order valence-electron chi connectivity index (χ2n) is 11.4. The number of phosphoric ester groups is 1. The van der Waals surface area contributed by atoms with Gasteiger partial charge in [0, 0.05) is 25.5 Å². The number of carbonyl (C=O) groups is 3. The molecule has 0 aliphatic rings. The standard InChI is InChI=1S/C32H61O9PS.2Na/c1-3-4-5-6-7-8-9-13-16-19-22-25-32(35)41-30(28-40-42(36,37)38)27-39-31(34)24-21-18-15-12-10-11-14-17-20-23-26-43-29(2)33;;/h30H,3-28H2,1-2H3,(H2,36,37,38);;/q;2*+1/p-2/t30-;;/m1../s1. The van der Waals surface area contributed by atoms with Crippen molar-refractivity contribution in [2.75, 3.05) is 19.0 Å². The third-order valence-corrected chi connectivity index (χ3v) is 8.58. The molecule has 0 aromatic heterocycles. The number of phosphoric acid groups is 1. The van der Waals surface area contributed by atoms with Gasteiger partial charge < -0.3 is 28.3 Å². The molecule has 0 N–H and O–H groups in total. The van der Waals surface area contributed by atoms with Gasteiger partial charge in [-0.05, 0) is 19.3 Å². The molecule has 0 bridgehead atoms. The number of thioether (sulfide) groups is 1. The summed E-state index contributed by atoms with van der Waals surface area (Å²) in [6.45, 7) is 2.80. The first-order valence-electron chi connectivity index (χ1n) is 16.8. The minimum Gasteiger partial charge on any atom is -0.790 e. The van der Waals surface area contributed by atoms with Crippen LogP contribution in [0.5, 0.6) is 0 Å². The van der Waals surface area contributed by atoms with Crippen molar-refractivity contribution in [2.45, 2.75) is 168 Å². The van der Waals surface area contributed by atoms with Gasteiger partial charge in [0.05, 0.1) is 14.4 Å². The molecule has 45 heavy (non-hydrogen) atoms. The van der Waals surface area contributed by atoms with Crippen molar-refractivity contribution in [1.29, 1.82) is 0 Å². The Morgan fingerprint density at radius 1 is 0.622 bits per heavy atom. The van der Waals surface area contributed by atoms with Crippen LogP contribution >= 0.6 is 19.6 Å². The van der Waals surface area contributed by atoms with Gasteiger partial charge in [0.25, 0.3) is 0 Å². The Labute approximate surface area is 322 Å². The van der Waals surface area contributed by atoms with E-state index in [0.717, 1.165) is 50.7 Å². The molecule has 0 fully saturated rings. The van der Waals surface area contributed by atoms with Gasteiger partial charge >= 0.3 is 71.1 Å². The summed E-state index contributed by atoms with van der Waals surface area (Å²) in [4.78, 5) is 57.1. The topological polar surface area (TPSA) is 142 Å². The van der Waals surface area contributed by atoms with Gasteiger partial charge in [-0.2, -0.15) is 0 Å². The third kappa shape index (κ3) is 41.2. The minimum atomic E-state index is -5.25. The van der Waals surface area contributed by atoms with E-state index in [-0.39, 0.29) is 83.7 Å². The molecule has 0 amide bonds. The predicted octanol–water partition coefficient (Wildman–Crippen LogP) is 1.57. The molecule has 13 heteroatoms. The Kier molecular flexibility index (Phi) is 40.8. The summed E-state index contributed by atoms with van der Waals surface area (Å²) < 4.78 is 25.6. The number of ether oxygens (including phenoxy) is 2. The van der Waals surface area contributed by atoms with E-state index >= 15 is 0 Å². The smallest absolute Gasteiger partial charge is 0.790 e. The second-order valence-corrected chi connectivity index (χ2v) is 13.9. The zero-order valence-electron chi connectivity index (χ0n) is 29.0. The van der Waals surface area contributed by atoms with Crippen LogP contribution < -0.4 is 68.9 Å². The number of rotatable bonds is 31. The average Bonchev–Trinajstić information content (AvgIpc) is 2.95. The van der Waals surface area contributed by atoms with Crippen molar-refractivity contribution >= 4 is 36.6 Å². The molecule has 0 radical (unpaired) electrons. The van der Waals surface area contributed by atoms with Gasteiger partial charge in [0.2, 0.25) is 0 Å². The first kappa shape index (κ1) is 50.4. The SMILES string of the molecule is CCCCCCCCCCCCCC(=O)O[C@H](COC(=O)CCCCCCCCCCCCSC(C)=O)COP(=O)([O-])[O-].[Na+].[Na+]. The first-order valence-corrected chi connectivity index (χ1v) is 19.2. The van der Waals surface area contributed by atoms with Gasteiger partial charge in [-0.15, -0.1) is 0 Å². The van der Waals surface area contributed by atoms with Gasteiger partial charge in [-0.3, -0.25) is 14.4 Å². The van der Waals surface area contributed by atoms with E-state index in [1.54, 1.807) is 6.92 Å². The molecule has 0 saturated carbocycles. The van der Waals surface area contributed by atoms with Crippen LogP contribution in [0, 0.1) is 0 Å². The van der Waals surface area contributed by atoms with Crippen molar-refractivity contribution in [3.8, 4) is 0 Å². The normalized spacial score (nSPS) is 11.7. The maximum Gasteiger partial charge on any atom is 1.00 e. The Bertz CT molecular complexity index is 756. The number of unbranched alkanes of at least 4 members (excludes halogenated alkanes) is 19. The number of esters is 2. The Morgan fingerprint density at radius 3 is 1.44 bits per heavy atom. The maximum absolute atomic E-state index is 12.2. The van der Waals surface area contributed by atoms with E-state index in [1.807, 2.05) is 0 Å². The Balaban J connectivity index is -0.00000882. The number of hydrogen-bond donors (Lipinski definition) is 0. The zero-order chi connectivity index (χ0) is 32.0. The molecule has 0 aliphatic carbocycles. The van der Waals surface area contributed by atoms with Gasteiger partial charge in [0.15, 0.2) is 11.2 Å². The maximum atomic E-state index is 12.2. The molecule has 254 valence electrons. The van der Waals surface area contributed by atoms with Gasteiger partial charge in [-0.1, -0.05) is 134 Å². The van der Waals surface area contributed by atoms with Crippen molar-refractivity contribution in [1.82, 2.24) is 0 Å². The second kappa shape index (κ2) is 36.4. The molecule has 0 heterocycles. The van der Waals surface area contributed by atoms with E-state index < -0.39 is 32.5 Å². The number of carbonyl (C=O) groups excluding carboxylic acids is 3. The fourth-order valence-electron chi connectivity index (χ4n) is 4.73. The molecule has 0 rings (SSSR count). The zero-order valence-corrected chi connectivity index (χ0v) is 34.7. The van der Waals surface area contributed by atoms with Crippen molar-refractivity contribution < 1.29 is 102 Å². The van der Waals surface area contributed by atoms with Crippen molar-refractivity contribution in [2.24, 2.45) is 0 Å². The fourth-order valence-corrected chi connectivity index (χ4v) is 5.71. The molecule has 0 aliphatic heterocycles. The molecule has 0 saturated heterocycles. The van der Waals surface area contributed by atoms with E-state index in [2.05, 4.69) is 11.4 Å². The monoisotopic (exact) mass is 696 g/mol. The number of hydrogen-bond acceptors (Lipinski definition) is 10. The molecule has 0 unspecified atom stereocenters. The Hall–Kier alpha value is 1.07. The third-order valence-electron chi connectivity index (χ3n) is 7.21. The first-order chi connectivity index (χ1) is 20.6. The summed E-state index contributed by atoms with van der Waals surface area (Å²) in [6.07, 6.45) is 22.7. The van der Waals surface area contributed by atoms with Crippen LogP contribution in [0.3, 0.4) is 0 Å². The molecule has 0 spiro atoms. The van der Waals surface area contributed by atoms with Crippen LogP contribution in [0.15, 0.2) is 0 Å². The van der Waals surface area contributed by atoms with Gasteiger partial charge in [0.1, 0.15) is 6.61 Å². The van der Waals surface area contributed by atoms with Crippen molar-refractivity contribution in [3.05, 3.63) is 0 Å². The van der Waals surface area contributed by atoms with E-state index in [9.17, 15) is 28.7 Å². The molecule has 0 aromatic rings. The molecular formula is C32H59Na2O9PS. The summed E-state index contributed by atoms with van der Waals surface area (Å²) in [5.74, 6) is -0.0694. The van der Waals surface area contributed by atoms with E-state index in [1.165, 1.54) is 88.8 Å². The minimum absolute atomic E-state index is 0. The molecular weight excluding hydrogens is 637 g/mol. The quantitative estimate of drug-likeness (QED) is 0.0454. The summed E-state index contributed by atoms with van der Waals surface area (Å²) in [5, 5.41) is 0.187. The summed E-state index contributed by atoms with van der Waals surface area (Å²) in [6, 6.07) is 0. The van der Waals surface area contributed by atoms with Crippen LogP contribution in [0.1, 0.15) is 162 Å². The van der Waals surface area contributed by atoms with E-state index in [0.29, 0.717) is 12.8 Å². The van der Waals surface area contributed by atoms with Crippen LogP contribution in [-0.2, 0) is 32.9 Å². The fraction of sp³-hybridized carbons (Fsp3) is 0.906. The van der Waals surface area contributed by atoms with Crippen LogP contribution in [-0.4, -0.2) is 42.1 Å².